The van der Waals surface area contributed by atoms with Crippen LogP contribution in [0, 0.1) is 0 Å². The zero-order valence-electron chi connectivity index (χ0n) is 8.58. The van der Waals surface area contributed by atoms with E-state index >= 15 is 0 Å². The number of rotatable bonds is 2. The molecule has 17 heavy (non-hydrogen) atoms. The molecule has 2 aromatic carbocycles. The Hall–Kier alpha value is -0.640. The van der Waals surface area contributed by atoms with E-state index in [-0.39, 0.29) is 0 Å². The molecule has 0 unspecified atom stereocenters. The van der Waals surface area contributed by atoms with Gasteiger partial charge in [-0.15, -0.1) is 0 Å². The first kappa shape index (κ1) is 12.8. The van der Waals surface area contributed by atoms with Gasteiger partial charge in [-0.25, -0.2) is 0 Å². The molecule has 0 radical (unpaired) electrons. The van der Waals surface area contributed by atoms with Gasteiger partial charge in [0.1, 0.15) is 0 Å². The molecule has 0 atom stereocenters. The van der Waals surface area contributed by atoms with Crippen molar-refractivity contribution >= 4 is 48.7 Å². The lowest BCUT2D eigenvalue weighted by Gasteiger charge is -2.07. The smallest absolute Gasteiger partial charge is 0.253 e. The van der Waals surface area contributed by atoms with Gasteiger partial charge < -0.3 is 0 Å². The predicted octanol–water partition coefficient (Wildman–Crippen LogP) is 5.26. The Kier molecular flexibility index (Phi) is 4.02. The highest BCUT2D eigenvalue weighted by atomic mass is 79.9. The van der Waals surface area contributed by atoms with Gasteiger partial charge in [0.05, 0.1) is 0 Å². The number of hydrogen-bond donors (Lipinski definition) is 0. The summed E-state index contributed by atoms with van der Waals surface area (Å²) in [5, 5.41) is -0.454. The highest BCUT2D eigenvalue weighted by Crippen LogP contribution is 2.28. The Bertz CT molecular complexity index is 564. The molecule has 0 fully saturated rings. The van der Waals surface area contributed by atoms with E-state index in [4.69, 9.17) is 11.6 Å². The quantitative estimate of drug-likeness (QED) is 0.656. The Balaban J connectivity index is 2.58. The van der Waals surface area contributed by atoms with E-state index in [0.29, 0.717) is 5.56 Å². The summed E-state index contributed by atoms with van der Waals surface area (Å²) in [7, 11) is 0. The van der Waals surface area contributed by atoms with Crippen molar-refractivity contribution in [1.82, 2.24) is 0 Å². The van der Waals surface area contributed by atoms with E-state index in [0.717, 1.165) is 20.1 Å². The molecule has 0 N–H and O–H groups in total. The van der Waals surface area contributed by atoms with Crippen molar-refractivity contribution in [2.45, 2.75) is 0 Å². The summed E-state index contributed by atoms with van der Waals surface area (Å²) in [5.74, 6) is 0. The van der Waals surface area contributed by atoms with Gasteiger partial charge in [-0.1, -0.05) is 50.1 Å². The summed E-state index contributed by atoms with van der Waals surface area (Å²) in [6.07, 6.45) is 0. The minimum atomic E-state index is -0.454. The highest BCUT2D eigenvalue weighted by Gasteiger charge is 2.11. The molecule has 0 amide bonds. The molecule has 0 aliphatic rings. The van der Waals surface area contributed by atoms with Gasteiger partial charge in [-0.3, -0.25) is 4.79 Å². The number of benzene rings is 2. The van der Waals surface area contributed by atoms with Crippen molar-refractivity contribution in [3.63, 3.8) is 0 Å². The van der Waals surface area contributed by atoms with Crippen LogP contribution in [0.2, 0.25) is 0 Å². The largest absolute Gasteiger partial charge is 0.276 e. The summed E-state index contributed by atoms with van der Waals surface area (Å²) in [6, 6.07) is 13.2. The third kappa shape index (κ3) is 2.97. The van der Waals surface area contributed by atoms with Crippen LogP contribution in [0.5, 0.6) is 0 Å². The van der Waals surface area contributed by atoms with Crippen LogP contribution in [0.25, 0.3) is 11.1 Å². The van der Waals surface area contributed by atoms with Crippen LogP contribution in [-0.2, 0) is 0 Å². The van der Waals surface area contributed by atoms with Crippen LogP contribution < -0.4 is 0 Å². The molecule has 4 heteroatoms. The molecule has 2 rings (SSSR count). The summed E-state index contributed by atoms with van der Waals surface area (Å²) in [6.45, 7) is 0. The molecule has 0 aromatic heterocycles. The average Bonchev–Trinajstić information content (AvgIpc) is 2.30. The summed E-state index contributed by atoms with van der Waals surface area (Å²) >= 11 is 12.3. The molecule has 0 spiro atoms. The first-order valence-corrected chi connectivity index (χ1v) is 6.79. The first-order chi connectivity index (χ1) is 8.08. The second kappa shape index (κ2) is 5.34. The van der Waals surface area contributed by atoms with Crippen LogP contribution in [0.4, 0.5) is 0 Å². The average molecular weight is 374 g/mol. The fourth-order valence-electron chi connectivity index (χ4n) is 1.56. The Morgan fingerprint density at radius 2 is 1.53 bits per heavy atom. The third-order valence-electron chi connectivity index (χ3n) is 2.35. The van der Waals surface area contributed by atoms with Gasteiger partial charge in [-0.05, 0) is 47.0 Å². The molecule has 0 saturated carbocycles. The minimum Gasteiger partial charge on any atom is -0.276 e. The van der Waals surface area contributed by atoms with Gasteiger partial charge in [0.25, 0.3) is 5.24 Å². The Morgan fingerprint density at radius 1 is 0.941 bits per heavy atom. The van der Waals surface area contributed by atoms with Crippen LogP contribution in [0.3, 0.4) is 0 Å². The fourth-order valence-corrected chi connectivity index (χ4v) is 2.34. The van der Waals surface area contributed by atoms with E-state index in [2.05, 4.69) is 31.9 Å². The van der Waals surface area contributed by atoms with Crippen molar-refractivity contribution in [3.05, 3.63) is 57.0 Å². The topological polar surface area (TPSA) is 17.1 Å². The molecule has 0 aliphatic carbocycles. The normalized spacial score (nSPS) is 10.3. The second-order valence-electron chi connectivity index (χ2n) is 3.47. The lowest BCUT2D eigenvalue weighted by atomic mass is 10.0. The molecule has 0 heterocycles. The van der Waals surface area contributed by atoms with E-state index in [1.54, 1.807) is 6.07 Å². The maximum absolute atomic E-state index is 11.4. The van der Waals surface area contributed by atoms with E-state index in [9.17, 15) is 4.79 Å². The van der Waals surface area contributed by atoms with Crippen LogP contribution in [0.1, 0.15) is 10.4 Å². The highest BCUT2D eigenvalue weighted by molar-refractivity contribution is 9.10. The monoisotopic (exact) mass is 372 g/mol. The number of carbonyl (C=O) groups excluding carboxylic acids is 1. The van der Waals surface area contributed by atoms with Gasteiger partial charge in [0.2, 0.25) is 0 Å². The van der Waals surface area contributed by atoms with Crippen LogP contribution in [0.15, 0.2) is 51.4 Å². The number of halogens is 3. The SMILES string of the molecule is O=C(Cl)c1cc(Br)ccc1-c1ccc(Br)cc1. The summed E-state index contributed by atoms with van der Waals surface area (Å²) in [5.41, 5.74) is 2.30. The van der Waals surface area contributed by atoms with Crippen LogP contribution in [-0.4, -0.2) is 5.24 Å². The Morgan fingerprint density at radius 3 is 2.12 bits per heavy atom. The zero-order valence-corrected chi connectivity index (χ0v) is 12.5. The van der Waals surface area contributed by atoms with Crippen molar-refractivity contribution in [2.75, 3.05) is 0 Å². The maximum Gasteiger partial charge on any atom is 0.253 e. The number of carbonyl (C=O) groups is 1. The molecule has 1 nitrogen and oxygen atoms in total. The van der Waals surface area contributed by atoms with E-state index in [1.807, 2.05) is 36.4 Å². The van der Waals surface area contributed by atoms with Gasteiger partial charge in [0, 0.05) is 14.5 Å². The molecule has 0 bridgehead atoms. The molecule has 86 valence electrons. The van der Waals surface area contributed by atoms with Crippen molar-refractivity contribution in [1.29, 1.82) is 0 Å². The lowest BCUT2D eigenvalue weighted by Crippen LogP contribution is -1.93. The summed E-state index contributed by atoms with van der Waals surface area (Å²) < 4.78 is 1.83. The zero-order chi connectivity index (χ0) is 12.4. The molecular formula is C13H7Br2ClO. The predicted molar refractivity (Wildman–Crippen MR) is 77.5 cm³/mol. The lowest BCUT2D eigenvalue weighted by molar-refractivity contribution is 0.108. The maximum atomic E-state index is 11.4. The first-order valence-electron chi connectivity index (χ1n) is 4.83. The molecule has 0 aliphatic heterocycles. The van der Waals surface area contributed by atoms with E-state index in [1.165, 1.54) is 0 Å². The van der Waals surface area contributed by atoms with Crippen molar-refractivity contribution in [3.8, 4) is 11.1 Å². The number of hydrogen-bond acceptors (Lipinski definition) is 1. The molecular weight excluding hydrogens is 367 g/mol. The minimum absolute atomic E-state index is 0.454. The Labute approximate surface area is 121 Å². The standard InChI is InChI=1S/C13H7Br2ClO/c14-9-3-1-8(2-4-9)11-6-5-10(15)7-12(11)13(16)17/h1-7H. The van der Waals surface area contributed by atoms with Gasteiger partial charge >= 0.3 is 0 Å². The van der Waals surface area contributed by atoms with Crippen molar-refractivity contribution in [2.24, 2.45) is 0 Å². The molecule has 0 saturated heterocycles. The van der Waals surface area contributed by atoms with Crippen molar-refractivity contribution < 1.29 is 4.79 Å². The summed E-state index contributed by atoms with van der Waals surface area (Å²) in [4.78, 5) is 11.4. The van der Waals surface area contributed by atoms with Gasteiger partial charge in [-0.2, -0.15) is 0 Å². The van der Waals surface area contributed by atoms with E-state index < -0.39 is 5.24 Å². The third-order valence-corrected chi connectivity index (χ3v) is 3.57. The molecule has 2 aromatic rings. The van der Waals surface area contributed by atoms with Gasteiger partial charge in [0.15, 0.2) is 0 Å². The fraction of sp³-hybridized carbons (Fsp3) is 0. The second-order valence-corrected chi connectivity index (χ2v) is 5.65. The van der Waals surface area contributed by atoms with Crippen LogP contribution >= 0.6 is 43.5 Å².